The molecule has 1 nitrogen and oxygen atoms in total. The summed E-state index contributed by atoms with van der Waals surface area (Å²) in [5, 5.41) is 1.27. The maximum absolute atomic E-state index is 3.78. The highest BCUT2D eigenvalue weighted by Crippen LogP contribution is 2.20. The first-order chi connectivity index (χ1) is 5.83. The average molecular weight is 157 g/mol. The molecule has 1 aromatic carbocycles. The highest BCUT2D eigenvalue weighted by molar-refractivity contribution is 5.85. The van der Waals surface area contributed by atoms with E-state index >= 15 is 0 Å². The third-order valence-corrected chi connectivity index (χ3v) is 2.15. The second kappa shape index (κ2) is 2.59. The lowest BCUT2D eigenvalue weighted by molar-refractivity contribution is 0.965. The topological polar surface area (TPSA) is 4.93 Å². The quantitative estimate of drug-likeness (QED) is 0.561. The van der Waals surface area contributed by atoms with Crippen molar-refractivity contribution in [3.63, 3.8) is 0 Å². The van der Waals surface area contributed by atoms with E-state index in [2.05, 4.69) is 49.0 Å². The van der Waals surface area contributed by atoms with Gasteiger partial charge in [0.2, 0.25) is 0 Å². The molecule has 0 aliphatic rings. The maximum Gasteiger partial charge on any atom is 0.123 e. The van der Waals surface area contributed by atoms with Crippen LogP contribution in [-0.2, 0) is 7.05 Å². The molecule has 0 amide bonds. The second-order valence-corrected chi connectivity index (χ2v) is 2.92. The van der Waals surface area contributed by atoms with E-state index in [1.165, 1.54) is 16.5 Å². The summed E-state index contributed by atoms with van der Waals surface area (Å²) in [5.41, 5.74) is 2.46. The number of para-hydroxylation sites is 1. The van der Waals surface area contributed by atoms with Gasteiger partial charge < -0.3 is 0 Å². The number of hydrogen-bond donors (Lipinski definition) is 0. The summed E-state index contributed by atoms with van der Waals surface area (Å²) in [5.74, 6) is 0. The van der Waals surface area contributed by atoms with Crippen molar-refractivity contribution in [1.29, 1.82) is 0 Å². The number of rotatable bonds is 1. The number of aromatic nitrogens is 1. The van der Waals surface area contributed by atoms with Crippen molar-refractivity contribution >= 4 is 10.9 Å². The van der Waals surface area contributed by atoms with Crippen LogP contribution in [0.1, 0.15) is 5.56 Å². The Hall–Kier alpha value is -1.37. The van der Waals surface area contributed by atoms with Crippen molar-refractivity contribution in [2.45, 2.75) is 0 Å². The molecule has 0 aliphatic heterocycles. The molecule has 0 fully saturated rings. The lowest BCUT2D eigenvalue weighted by atomic mass is 10.1. The standard InChI is InChI=1S/C11H11N/c1-3-9-8-12(2)11-7-5-4-6-10(9)11/h3-8H,1H2,2H3. The molecule has 0 saturated carbocycles. The fraction of sp³-hybridized carbons (Fsp3) is 0.0909. The number of nitrogens with zero attached hydrogens (tertiary/aromatic N) is 1. The first-order valence-corrected chi connectivity index (χ1v) is 3.99. The van der Waals surface area contributed by atoms with Gasteiger partial charge in [0.1, 0.15) is 22.7 Å². The Morgan fingerprint density at radius 2 is 2.08 bits per heavy atom. The van der Waals surface area contributed by atoms with Gasteiger partial charge in [-0.05, 0) is 12.1 Å². The Morgan fingerprint density at radius 1 is 1.33 bits per heavy atom. The zero-order valence-electron chi connectivity index (χ0n) is 7.12. The van der Waals surface area contributed by atoms with Crippen LogP contribution in [0.25, 0.3) is 10.9 Å². The van der Waals surface area contributed by atoms with E-state index < -0.39 is 0 Å². The molecular formula is C11H11N. The Kier molecular flexibility index (Phi) is 1.58. The van der Waals surface area contributed by atoms with E-state index in [0.29, 0.717) is 0 Å². The van der Waals surface area contributed by atoms with Crippen molar-refractivity contribution in [2.24, 2.45) is 7.05 Å². The van der Waals surface area contributed by atoms with E-state index in [-0.39, 0.29) is 0 Å². The fourth-order valence-electron chi connectivity index (χ4n) is 1.54. The molecule has 0 aliphatic carbocycles. The predicted octanol–water partition coefficient (Wildman–Crippen LogP) is 2.56. The smallest absolute Gasteiger partial charge is 0.123 e. The molecule has 0 atom stereocenters. The van der Waals surface area contributed by atoms with E-state index in [1.54, 1.807) is 0 Å². The van der Waals surface area contributed by atoms with Gasteiger partial charge in [0.05, 0.1) is 0 Å². The highest BCUT2D eigenvalue weighted by atomic mass is 14.9. The molecule has 0 radical (unpaired) electrons. The minimum atomic E-state index is 1.20. The van der Waals surface area contributed by atoms with Crippen LogP contribution < -0.4 is 0 Å². The SMILES string of the molecule is [CH2-][CH+]c1cn(C)c2ccccc12. The van der Waals surface area contributed by atoms with Gasteiger partial charge in [-0.15, -0.1) is 6.42 Å². The predicted molar refractivity (Wildman–Crippen MR) is 51.7 cm³/mol. The Bertz CT molecular complexity index is 398. The summed E-state index contributed by atoms with van der Waals surface area (Å²) < 4.78 is 2.12. The second-order valence-electron chi connectivity index (χ2n) is 2.92. The first kappa shape index (κ1) is 7.29. The van der Waals surface area contributed by atoms with Crippen LogP contribution in [0.2, 0.25) is 0 Å². The Labute approximate surface area is 72.6 Å². The Morgan fingerprint density at radius 3 is 2.83 bits per heavy atom. The van der Waals surface area contributed by atoms with E-state index in [0.717, 1.165) is 0 Å². The summed E-state index contributed by atoms with van der Waals surface area (Å²) in [6.45, 7) is 3.78. The van der Waals surface area contributed by atoms with Crippen LogP contribution in [0.5, 0.6) is 0 Å². The van der Waals surface area contributed by atoms with Crippen LogP contribution in [-0.4, -0.2) is 4.57 Å². The molecule has 0 N–H and O–H groups in total. The largest absolute Gasteiger partial charge is 0.285 e. The molecule has 0 unspecified atom stereocenters. The Balaban J connectivity index is 2.82. The van der Waals surface area contributed by atoms with Crippen LogP contribution >= 0.6 is 0 Å². The van der Waals surface area contributed by atoms with Crippen molar-refractivity contribution < 1.29 is 0 Å². The summed E-state index contributed by atoms with van der Waals surface area (Å²) in [4.78, 5) is 0. The monoisotopic (exact) mass is 157 g/mol. The molecule has 1 heterocycles. The normalized spacial score (nSPS) is 10.5. The van der Waals surface area contributed by atoms with Gasteiger partial charge in [-0.3, -0.25) is 11.5 Å². The maximum atomic E-state index is 3.78. The third kappa shape index (κ3) is 0.900. The lowest BCUT2D eigenvalue weighted by Crippen LogP contribution is -1.81. The van der Waals surface area contributed by atoms with Crippen LogP contribution in [0, 0.1) is 13.3 Å². The zero-order valence-corrected chi connectivity index (χ0v) is 7.12. The van der Waals surface area contributed by atoms with Crippen molar-refractivity contribution in [3.05, 3.63) is 49.4 Å². The molecule has 2 rings (SSSR count). The molecule has 0 bridgehead atoms. The van der Waals surface area contributed by atoms with Crippen molar-refractivity contribution in [2.75, 3.05) is 0 Å². The van der Waals surface area contributed by atoms with Gasteiger partial charge in [0, 0.05) is 13.1 Å². The van der Waals surface area contributed by atoms with Crippen LogP contribution in [0.4, 0.5) is 0 Å². The molecule has 2 aromatic rings. The van der Waals surface area contributed by atoms with Gasteiger partial charge in [-0.1, -0.05) is 6.07 Å². The average Bonchev–Trinajstić information content (AvgIpc) is 2.44. The molecular weight excluding hydrogens is 146 g/mol. The van der Waals surface area contributed by atoms with Gasteiger partial charge in [-0.2, -0.15) is 0 Å². The minimum Gasteiger partial charge on any atom is -0.285 e. The van der Waals surface area contributed by atoms with E-state index in [4.69, 9.17) is 0 Å². The van der Waals surface area contributed by atoms with E-state index in [9.17, 15) is 0 Å². The summed E-state index contributed by atoms with van der Waals surface area (Å²) in [7, 11) is 2.05. The number of hydrogen-bond acceptors (Lipinski definition) is 0. The molecule has 1 aromatic heterocycles. The number of benzene rings is 1. The third-order valence-electron chi connectivity index (χ3n) is 2.15. The van der Waals surface area contributed by atoms with Gasteiger partial charge in [-0.25, -0.2) is 0 Å². The summed E-state index contributed by atoms with van der Waals surface area (Å²) in [6, 6.07) is 8.33. The molecule has 0 spiro atoms. The zero-order chi connectivity index (χ0) is 8.55. The van der Waals surface area contributed by atoms with Crippen LogP contribution in [0.15, 0.2) is 30.5 Å². The summed E-state index contributed by atoms with van der Waals surface area (Å²) in [6.07, 6.45) is 3.99. The van der Waals surface area contributed by atoms with Crippen molar-refractivity contribution in [1.82, 2.24) is 4.57 Å². The van der Waals surface area contributed by atoms with Gasteiger partial charge in [0.25, 0.3) is 0 Å². The minimum absolute atomic E-state index is 1.20. The number of aryl methyl sites for hydroxylation is 1. The molecule has 1 heteroatoms. The molecule has 60 valence electrons. The van der Waals surface area contributed by atoms with Gasteiger partial charge in [0.15, 0.2) is 0 Å². The lowest BCUT2D eigenvalue weighted by Gasteiger charge is -1.87. The summed E-state index contributed by atoms with van der Waals surface area (Å²) >= 11 is 0. The number of fused-ring (bicyclic) bond motifs is 1. The molecule has 0 saturated heterocycles. The van der Waals surface area contributed by atoms with Crippen LogP contribution in [0.3, 0.4) is 0 Å². The van der Waals surface area contributed by atoms with E-state index in [1.807, 2.05) is 6.42 Å². The first-order valence-electron chi connectivity index (χ1n) is 3.99. The van der Waals surface area contributed by atoms with Crippen molar-refractivity contribution in [3.8, 4) is 0 Å². The fourth-order valence-corrected chi connectivity index (χ4v) is 1.54. The van der Waals surface area contributed by atoms with Gasteiger partial charge >= 0.3 is 0 Å². The highest BCUT2D eigenvalue weighted by Gasteiger charge is 2.09. The molecule has 12 heavy (non-hydrogen) atoms.